The van der Waals surface area contributed by atoms with E-state index in [2.05, 4.69) is 4.98 Å². The van der Waals surface area contributed by atoms with Crippen LogP contribution in [0.15, 0.2) is 66.9 Å². The van der Waals surface area contributed by atoms with Crippen LogP contribution in [0, 0.1) is 12.7 Å². The van der Waals surface area contributed by atoms with Crippen LogP contribution in [0.25, 0.3) is 12.2 Å². The summed E-state index contributed by atoms with van der Waals surface area (Å²) >= 11 is 0. The topological polar surface area (TPSA) is 22.1 Å². The SMILES string of the molecule is Cc1cccc(/C=C/c2ccc(F)cc2)c1Oc1ccccn1. The lowest BCUT2D eigenvalue weighted by atomic mass is 10.1. The highest BCUT2D eigenvalue weighted by Gasteiger charge is 2.06. The minimum absolute atomic E-state index is 0.239. The largest absolute Gasteiger partial charge is 0.438 e. The molecule has 0 radical (unpaired) electrons. The normalized spacial score (nSPS) is 10.9. The van der Waals surface area contributed by atoms with Gasteiger partial charge in [0, 0.05) is 17.8 Å². The van der Waals surface area contributed by atoms with E-state index in [1.54, 1.807) is 18.3 Å². The Hall–Kier alpha value is -2.94. The molecule has 114 valence electrons. The number of para-hydroxylation sites is 1. The summed E-state index contributed by atoms with van der Waals surface area (Å²) in [7, 11) is 0. The number of nitrogens with zero attached hydrogens (tertiary/aromatic N) is 1. The molecule has 0 fully saturated rings. The first-order valence-electron chi connectivity index (χ1n) is 7.34. The molecule has 23 heavy (non-hydrogen) atoms. The van der Waals surface area contributed by atoms with E-state index in [0.29, 0.717) is 5.88 Å². The average molecular weight is 305 g/mol. The van der Waals surface area contributed by atoms with E-state index in [0.717, 1.165) is 22.4 Å². The Morgan fingerprint density at radius 3 is 2.48 bits per heavy atom. The third-order valence-corrected chi connectivity index (χ3v) is 3.41. The number of rotatable bonds is 4. The molecule has 0 saturated heterocycles. The van der Waals surface area contributed by atoms with E-state index >= 15 is 0 Å². The molecule has 0 aliphatic carbocycles. The monoisotopic (exact) mass is 305 g/mol. The first-order valence-corrected chi connectivity index (χ1v) is 7.34. The van der Waals surface area contributed by atoms with Gasteiger partial charge in [0.05, 0.1) is 0 Å². The van der Waals surface area contributed by atoms with Gasteiger partial charge in [0.2, 0.25) is 5.88 Å². The van der Waals surface area contributed by atoms with Crippen LogP contribution in [-0.2, 0) is 0 Å². The van der Waals surface area contributed by atoms with E-state index in [1.807, 2.05) is 55.5 Å². The number of aromatic nitrogens is 1. The van der Waals surface area contributed by atoms with Crippen LogP contribution in [0.5, 0.6) is 11.6 Å². The van der Waals surface area contributed by atoms with Gasteiger partial charge in [-0.05, 0) is 36.2 Å². The minimum Gasteiger partial charge on any atom is -0.438 e. The number of benzene rings is 2. The molecule has 3 aromatic rings. The van der Waals surface area contributed by atoms with E-state index in [-0.39, 0.29) is 5.82 Å². The Morgan fingerprint density at radius 1 is 0.913 bits per heavy atom. The van der Waals surface area contributed by atoms with E-state index in [9.17, 15) is 4.39 Å². The van der Waals surface area contributed by atoms with Crippen molar-refractivity contribution in [1.82, 2.24) is 4.98 Å². The quantitative estimate of drug-likeness (QED) is 0.594. The maximum atomic E-state index is 13.0. The van der Waals surface area contributed by atoms with Crippen LogP contribution in [0.4, 0.5) is 4.39 Å². The highest BCUT2D eigenvalue weighted by molar-refractivity contribution is 5.73. The zero-order chi connectivity index (χ0) is 16.1. The fraction of sp³-hybridized carbons (Fsp3) is 0.0500. The number of aryl methyl sites for hydroxylation is 1. The lowest BCUT2D eigenvalue weighted by Gasteiger charge is -2.10. The fourth-order valence-corrected chi connectivity index (χ4v) is 2.22. The van der Waals surface area contributed by atoms with Gasteiger partial charge in [-0.25, -0.2) is 9.37 Å². The molecular weight excluding hydrogens is 289 g/mol. The molecule has 2 aromatic carbocycles. The second-order valence-corrected chi connectivity index (χ2v) is 5.15. The molecule has 1 heterocycles. The average Bonchev–Trinajstić information content (AvgIpc) is 2.58. The number of halogens is 1. The molecule has 3 heteroatoms. The van der Waals surface area contributed by atoms with E-state index in [4.69, 9.17) is 4.74 Å². The van der Waals surface area contributed by atoms with Crippen molar-refractivity contribution in [1.29, 1.82) is 0 Å². The zero-order valence-electron chi connectivity index (χ0n) is 12.7. The van der Waals surface area contributed by atoms with Gasteiger partial charge in [-0.2, -0.15) is 0 Å². The van der Waals surface area contributed by atoms with Crippen molar-refractivity contribution in [3.05, 3.63) is 89.4 Å². The predicted molar refractivity (Wildman–Crippen MR) is 90.8 cm³/mol. The van der Waals surface area contributed by atoms with E-state index in [1.165, 1.54) is 12.1 Å². The minimum atomic E-state index is -0.239. The molecule has 1 aromatic heterocycles. The zero-order valence-corrected chi connectivity index (χ0v) is 12.7. The van der Waals surface area contributed by atoms with Gasteiger partial charge in [-0.3, -0.25) is 0 Å². The van der Waals surface area contributed by atoms with E-state index < -0.39 is 0 Å². The number of pyridine rings is 1. The van der Waals surface area contributed by atoms with Gasteiger partial charge in [-0.1, -0.05) is 48.6 Å². The number of ether oxygens (including phenoxy) is 1. The highest BCUT2D eigenvalue weighted by atomic mass is 19.1. The molecule has 0 amide bonds. The third-order valence-electron chi connectivity index (χ3n) is 3.41. The molecule has 0 spiro atoms. The van der Waals surface area contributed by atoms with Gasteiger partial charge in [0.15, 0.2) is 0 Å². The number of hydrogen-bond donors (Lipinski definition) is 0. The lowest BCUT2D eigenvalue weighted by Crippen LogP contribution is -1.92. The van der Waals surface area contributed by atoms with Crippen molar-refractivity contribution < 1.29 is 9.13 Å². The Labute approximate surface area is 134 Å². The summed E-state index contributed by atoms with van der Waals surface area (Å²) in [5.74, 6) is 1.08. The van der Waals surface area contributed by atoms with Crippen molar-refractivity contribution in [2.24, 2.45) is 0 Å². The molecule has 0 atom stereocenters. The fourth-order valence-electron chi connectivity index (χ4n) is 2.22. The van der Waals surface area contributed by atoms with Crippen molar-refractivity contribution in [3.63, 3.8) is 0 Å². The first kappa shape index (κ1) is 15.0. The summed E-state index contributed by atoms with van der Waals surface area (Å²) in [5, 5.41) is 0. The second kappa shape index (κ2) is 6.88. The summed E-state index contributed by atoms with van der Waals surface area (Å²) in [6.07, 6.45) is 5.58. The van der Waals surface area contributed by atoms with Gasteiger partial charge in [0.25, 0.3) is 0 Å². The summed E-state index contributed by atoms with van der Waals surface area (Å²) in [6, 6.07) is 17.9. The standard InChI is InChI=1S/C20H16FNO/c1-15-5-4-6-17(11-8-16-9-12-18(21)13-10-16)20(15)23-19-7-2-3-14-22-19/h2-14H,1H3/b11-8+. The number of hydrogen-bond acceptors (Lipinski definition) is 2. The van der Waals surface area contributed by atoms with Crippen molar-refractivity contribution >= 4 is 12.2 Å². The van der Waals surface area contributed by atoms with Crippen LogP contribution in [0.3, 0.4) is 0 Å². The van der Waals surface area contributed by atoms with Crippen LogP contribution >= 0.6 is 0 Å². The summed E-state index contributed by atoms with van der Waals surface area (Å²) in [6.45, 7) is 1.99. The van der Waals surface area contributed by atoms with Crippen molar-refractivity contribution in [3.8, 4) is 11.6 Å². The van der Waals surface area contributed by atoms with Crippen LogP contribution in [-0.4, -0.2) is 4.98 Å². The van der Waals surface area contributed by atoms with Crippen molar-refractivity contribution in [2.45, 2.75) is 6.92 Å². The summed E-state index contributed by atoms with van der Waals surface area (Å²) < 4.78 is 18.9. The maximum Gasteiger partial charge on any atom is 0.219 e. The molecule has 3 rings (SSSR count). The van der Waals surface area contributed by atoms with Gasteiger partial charge < -0.3 is 4.74 Å². The smallest absolute Gasteiger partial charge is 0.219 e. The van der Waals surface area contributed by atoms with Crippen LogP contribution < -0.4 is 4.74 Å². The molecule has 0 N–H and O–H groups in total. The summed E-state index contributed by atoms with van der Waals surface area (Å²) in [4.78, 5) is 4.20. The Kier molecular flexibility index (Phi) is 4.48. The maximum absolute atomic E-state index is 13.0. The molecule has 0 bridgehead atoms. The first-order chi connectivity index (χ1) is 11.2. The molecule has 0 aliphatic rings. The lowest BCUT2D eigenvalue weighted by molar-refractivity contribution is 0.458. The third kappa shape index (κ3) is 3.83. The van der Waals surface area contributed by atoms with Gasteiger partial charge in [0.1, 0.15) is 11.6 Å². The second-order valence-electron chi connectivity index (χ2n) is 5.15. The van der Waals surface area contributed by atoms with Crippen molar-refractivity contribution in [2.75, 3.05) is 0 Å². The molecular formula is C20H16FNO. The molecule has 2 nitrogen and oxygen atoms in total. The molecule has 0 aliphatic heterocycles. The van der Waals surface area contributed by atoms with Crippen LogP contribution in [0.1, 0.15) is 16.7 Å². The Balaban J connectivity index is 1.90. The molecule has 0 unspecified atom stereocenters. The predicted octanol–water partition coefficient (Wildman–Crippen LogP) is 5.49. The van der Waals surface area contributed by atoms with Gasteiger partial charge in [-0.15, -0.1) is 0 Å². The highest BCUT2D eigenvalue weighted by Crippen LogP contribution is 2.29. The van der Waals surface area contributed by atoms with Crippen LogP contribution in [0.2, 0.25) is 0 Å². The summed E-state index contributed by atoms with van der Waals surface area (Å²) in [5.41, 5.74) is 2.90. The Morgan fingerprint density at radius 2 is 1.74 bits per heavy atom. The molecule has 0 saturated carbocycles. The Bertz CT molecular complexity index is 811. The van der Waals surface area contributed by atoms with Gasteiger partial charge >= 0.3 is 0 Å².